The lowest BCUT2D eigenvalue weighted by atomic mass is 10.1. The van der Waals surface area contributed by atoms with Crippen LogP contribution in [0.4, 0.5) is 14.5 Å². The molecule has 0 atom stereocenters. The van der Waals surface area contributed by atoms with E-state index in [4.69, 9.17) is 21.1 Å². The number of carbonyl (C=O) groups excluding carboxylic acids is 1. The van der Waals surface area contributed by atoms with Gasteiger partial charge in [0.25, 0.3) is 5.91 Å². The number of amides is 1. The highest BCUT2D eigenvalue weighted by Gasteiger charge is 2.19. The minimum absolute atomic E-state index is 0.168. The zero-order chi connectivity index (χ0) is 16.3. The lowest BCUT2D eigenvalue weighted by Gasteiger charge is -2.13. The van der Waals surface area contributed by atoms with Crippen molar-refractivity contribution in [2.75, 3.05) is 19.5 Å². The van der Waals surface area contributed by atoms with Crippen LogP contribution in [0.5, 0.6) is 11.5 Å². The van der Waals surface area contributed by atoms with Crippen LogP contribution in [0.1, 0.15) is 10.4 Å². The number of methoxy groups -OCH3 is 2. The van der Waals surface area contributed by atoms with Gasteiger partial charge in [0, 0.05) is 6.07 Å². The van der Waals surface area contributed by atoms with Crippen molar-refractivity contribution in [3.8, 4) is 11.5 Å². The molecule has 1 N–H and O–H groups in total. The van der Waals surface area contributed by atoms with Gasteiger partial charge in [0.15, 0.2) is 0 Å². The summed E-state index contributed by atoms with van der Waals surface area (Å²) in [6.07, 6.45) is 0. The Hall–Kier alpha value is -2.34. The second-order valence-corrected chi connectivity index (χ2v) is 4.65. The van der Waals surface area contributed by atoms with Gasteiger partial charge in [0.1, 0.15) is 28.7 Å². The summed E-state index contributed by atoms with van der Waals surface area (Å²) < 4.78 is 37.3. The molecule has 1 amide bonds. The summed E-state index contributed by atoms with van der Waals surface area (Å²) >= 11 is 5.97. The third-order valence-electron chi connectivity index (χ3n) is 2.91. The van der Waals surface area contributed by atoms with Crippen LogP contribution in [-0.4, -0.2) is 20.1 Å². The predicted molar refractivity (Wildman–Crippen MR) is 78.9 cm³/mol. The fourth-order valence-corrected chi connectivity index (χ4v) is 2.10. The van der Waals surface area contributed by atoms with Gasteiger partial charge in [-0.2, -0.15) is 0 Å². The summed E-state index contributed by atoms with van der Waals surface area (Å²) in [5.41, 5.74) is -0.516. The van der Waals surface area contributed by atoms with Gasteiger partial charge in [-0.15, -0.1) is 0 Å². The van der Waals surface area contributed by atoms with E-state index in [1.54, 1.807) is 0 Å². The molecule has 4 nitrogen and oxygen atoms in total. The molecule has 0 radical (unpaired) electrons. The molecular weight excluding hydrogens is 316 g/mol. The molecule has 0 heterocycles. The van der Waals surface area contributed by atoms with Crippen molar-refractivity contribution in [1.29, 1.82) is 0 Å². The number of benzene rings is 2. The maximum absolute atomic E-state index is 13.6. The van der Waals surface area contributed by atoms with Gasteiger partial charge in [-0.3, -0.25) is 4.79 Å². The number of carbonyl (C=O) groups is 1. The van der Waals surface area contributed by atoms with Gasteiger partial charge in [0.05, 0.1) is 24.9 Å². The van der Waals surface area contributed by atoms with Gasteiger partial charge in [-0.25, -0.2) is 8.78 Å². The number of hydrogen-bond acceptors (Lipinski definition) is 3. The van der Waals surface area contributed by atoms with E-state index in [2.05, 4.69) is 5.32 Å². The fourth-order valence-electron chi connectivity index (χ4n) is 1.86. The van der Waals surface area contributed by atoms with Crippen molar-refractivity contribution in [3.05, 3.63) is 52.6 Å². The highest BCUT2D eigenvalue weighted by Crippen LogP contribution is 2.36. The molecule has 2 aromatic carbocycles. The normalized spacial score (nSPS) is 10.2. The van der Waals surface area contributed by atoms with Crippen LogP contribution >= 0.6 is 11.6 Å². The highest BCUT2D eigenvalue weighted by atomic mass is 35.5. The summed E-state index contributed by atoms with van der Waals surface area (Å²) in [6.45, 7) is 0. The monoisotopic (exact) mass is 327 g/mol. The van der Waals surface area contributed by atoms with E-state index < -0.39 is 23.1 Å². The molecule has 2 aromatic rings. The third kappa shape index (κ3) is 3.12. The number of nitrogens with one attached hydrogen (secondary N) is 1. The van der Waals surface area contributed by atoms with Gasteiger partial charge in [0.2, 0.25) is 0 Å². The lowest BCUT2D eigenvalue weighted by molar-refractivity contribution is 0.101. The van der Waals surface area contributed by atoms with Crippen molar-refractivity contribution in [3.63, 3.8) is 0 Å². The Balaban J connectivity index is 2.38. The Morgan fingerprint density at radius 1 is 1.09 bits per heavy atom. The maximum Gasteiger partial charge on any atom is 0.261 e. The molecule has 0 spiro atoms. The molecule has 7 heteroatoms. The first-order chi connectivity index (χ1) is 10.5. The molecule has 0 unspecified atom stereocenters. The Morgan fingerprint density at radius 2 is 1.68 bits per heavy atom. The summed E-state index contributed by atoms with van der Waals surface area (Å²) in [4.78, 5) is 12.1. The Kier molecular flexibility index (Phi) is 4.82. The topological polar surface area (TPSA) is 47.6 Å². The van der Waals surface area contributed by atoms with Crippen LogP contribution in [0, 0.1) is 11.6 Å². The first-order valence-corrected chi connectivity index (χ1v) is 6.52. The van der Waals surface area contributed by atoms with E-state index in [1.165, 1.54) is 32.4 Å². The van der Waals surface area contributed by atoms with Crippen LogP contribution < -0.4 is 14.8 Å². The molecule has 22 heavy (non-hydrogen) atoms. The van der Waals surface area contributed by atoms with E-state index in [-0.39, 0.29) is 16.5 Å². The molecule has 0 saturated carbocycles. The molecular formula is C15H12ClF2NO3. The van der Waals surface area contributed by atoms with Crippen molar-refractivity contribution >= 4 is 23.2 Å². The van der Waals surface area contributed by atoms with Gasteiger partial charge >= 0.3 is 0 Å². The minimum Gasteiger partial charge on any atom is -0.495 e. The van der Waals surface area contributed by atoms with Crippen molar-refractivity contribution < 1.29 is 23.0 Å². The predicted octanol–water partition coefficient (Wildman–Crippen LogP) is 3.89. The molecule has 0 fully saturated rings. The molecule has 0 aliphatic carbocycles. The molecule has 0 aromatic heterocycles. The highest BCUT2D eigenvalue weighted by molar-refractivity contribution is 6.32. The maximum atomic E-state index is 13.6. The van der Waals surface area contributed by atoms with Crippen molar-refractivity contribution in [2.24, 2.45) is 0 Å². The Labute approximate surface area is 130 Å². The Morgan fingerprint density at radius 3 is 2.23 bits per heavy atom. The summed E-state index contributed by atoms with van der Waals surface area (Å²) in [5.74, 6) is -2.29. The molecule has 0 aliphatic rings. The molecule has 116 valence electrons. The van der Waals surface area contributed by atoms with E-state index in [0.717, 1.165) is 12.1 Å². The van der Waals surface area contributed by atoms with Crippen molar-refractivity contribution in [2.45, 2.75) is 0 Å². The number of anilines is 1. The molecule has 0 saturated heterocycles. The zero-order valence-corrected chi connectivity index (χ0v) is 12.5. The van der Waals surface area contributed by atoms with Crippen LogP contribution in [0.3, 0.4) is 0 Å². The van der Waals surface area contributed by atoms with Gasteiger partial charge < -0.3 is 14.8 Å². The van der Waals surface area contributed by atoms with E-state index in [9.17, 15) is 13.6 Å². The average molecular weight is 328 g/mol. The lowest BCUT2D eigenvalue weighted by Crippen LogP contribution is -2.16. The fraction of sp³-hybridized carbons (Fsp3) is 0.133. The Bertz CT molecular complexity index is 702. The van der Waals surface area contributed by atoms with Gasteiger partial charge in [-0.1, -0.05) is 17.7 Å². The summed E-state index contributed by atoms with van der Waals surface area (Å²) in [7, 11) is 2.80. The van der Waals surface area contributed by atoms with Gasteiger partial charge in [-0.05, 0) is 18.2 Å². The van der Waals surface area contributed by atoms with Crippen LogP contribution in [0.2, 0.25) is 5.02 Å². The number of ether oxygens (including phenoxy) is 2. The first kappa shape index (κ1) is 16.0. The van der Waals surface area contributed by atoms with E-state index in [1.807, 2.05) is 0 Å². The van der Waals surface area contributed by atoms with Crippen LogP contribution in [-0.2, 0) is 0 Å². The average Bonchev–Trinajstić information content (AvgIpc) is 2.47. The second-order valence-electron chi connectivity index (χ2n) is 4.24. The third-order valence-corrected chi connectivity index (χ3v) is 3.21. The van der Waals surface area contributed by atoms with E-state index >= 15 is 0 Å². The minimum atomic E-state index is -0.962. The molecule has 0 aliphatic heterocycles. The number of hydrogen-bond donors (Lipinski definition) is 1. The zero-order valence-electron chi connectivity index (χ0n) is 11.7. The number of rotatable bonds is 4. The number of halogens is 3. The smallest absolute Gasteiger partial charge is 0.261 e. The van der Waals surface area contributed by atoms with Crippen molar-refractivity contribution in [1.82, 2.24) is 0 Å². The summed E-state index contributed by atoms with van der Waals surface area (Å²) in [5, 5.41) is 2.58. The molecule has 2 rings (SSSR count). The van der Waals surface area contributed by atoms with Crippen LogP contribution in [0.25, 0.3) is 0 Å². The first-order valence-electron chi connectivity index (χ1n) is 6.14. The molecule has 0 bridgehead atoms. The standard InChI is InChI=1S/C15H12ClF2NO3/c1-21-12-7-13(22-2)11(6-8(12)16)19-15(20)14-9(17)4-3-5-10(14)18/h3-7H,1-2H3,(H,19,20). The second kappa shape index (κ2) is 6.62. The van der Waals surface area contributed by atoms with E-state index in [0.29, 0.717) is 5.75 Å². The van der Waals surface area contributed by atoms with Crippen LogP contribution in [0.15, 0.2) is 30.3 Å². The summed E-state index contributed by atoms with van der Waals surface area (Å²) in [6, 6.07) is 5.99. The largest absolute Gasteiger partial charge is 0.495 e. The quantitative estimate of drug-likeness (QED) is 0.926. The SMILES string of the molecule is COc1cc(OC)c(NC(=O)c2c(F)cccc2F)cc1Cl.